The number of rotatable bonds is 1. The molecule has 1 fully saturated rings. The van der Waals surface area contributed by atoms with Crippen molar-refractivity contribution in [2.24, 2.45) is 0 Å². The molecule has 0 spiro atoms. The first-order chi connectivity index (χ1) is 11.4. The molecule has 1 saturated heterocycles. The summed E-state index contributed by atoms with van der Waals surface area (Å²) < 4.78 is 0. The van der Waals surface area contributed by atoms with Crippen LogP contribution in [0.5, 0.6) is 0 Å². The van der Waals surface area contributed by atoms with E-state index in [0.717, 1.165) is 30.1 Å². The van der Waals surface area contributed by atoms with Gasteiger partial charge in [0.15, 0.2) is 5.13 Å². The number of carbonyl (C=O) groups excluding carboxylic acids is 3. The maximum atomic E-state index is 12.3. The predicted molar refractivity (Wildman–Crippen MR) is 89.6 cm³/mol. The zero-order valence-corrected chi connectivity index (χ0v) is 14.7. The number of thiazole rings is 1. The van der Waals surface area contributed by atoms with Crippen molar-refractivity contribution >= 4 is 34.2 Å². The molecule has 0 aliphatic carbocycles. The van der Waals surface area contributed by atoms with Gasteiger partial charge in [-0.3, -0.25) is 19.7 Å². The topological polar surface area (TPSA) is 85.8 Å². The van der Waals surface area contributed by atoms with E-state index in [9.17, 15) is 14.4 Å². The normalized spacial score (nSPS) is 18.2. The van der Waals surface area contributed by atoms with Crippen LogP contribution >= 0.6 is 11.3 Å². The quantitative estimate of drug-likeness (QED) is 0.706. The van der Waals surface area contributed by atoms with Gasteiger partial charge in [-0.2, -0.15) is 0 Å². The molecule has 0 unspecified atom stereocenters. The van der Waals surface area contributed by atoms with Crippen molar-refractivity contribution in [3.63, 3.8) is 0 Å². The molecule has 3 rings (SSSR count). The summed E-state index contributed by atoms with van der Waals surface area (Å²) in [5.74, 6) is -1.24. The second kappa shape index (κ2) is 6.86. The van der Waals surface area contributed by atoms with E-state index in [0.29, 0.717) is 31.3 Å². The van der Waals surface area contributed by atoms with Crippen LogP contribution in [0.2, 0.25) is 0 Å². The third-order valence-corrected chi connectivity index (χ3v) is 5.35. The van der Waals surface area contributed by atoms with Crippen LogP contribution in [-0.2, 0) is 27.3 Å². The number of nitrogens with zero attached hydrogens (tertiary/aromatic N) is 4. The zero-order valence-electron chi connectivity index (χ0n) is 13.9. The Morgan fingerprint density at radius 3 is 2.42 bits per heavy atom. The molecule has 130 valence electrons. The lowest BCUT2D eigenvalue weighted by Gasteiger charge is -2.33. The second-order valence-corrected chi connectivity index (χ2v) is 7.21. The SMILES string of the molecule is CC(=O)N1CCN(C(=O)C(=O)Nc2nc3c(s2)CN(C)CC3)CC1. The lowest BCUT2D eigenvalue weighted by Crippen LogP contribution is -2.52. The van der Waals surface area contributed by atoms with Gasteiger partial charge < -0.3 is 14.7 Å². The van der Waals surface area contributed by atoms with Crippen LogP contribution in [0, 0.1) is 0 Å². The number of hydrogen-bond donors (Lipinski definition) is 1. The first kappa shape index (κ1) is 16.8. The minimum atomic E-state index is -0.661. The largest absolute Gasteiger partial charge is 0.339 e. The molecule has 0 saturated carbocycles. The van der Waals surface area contributed by atoms with Gasteiger partial charge in [0.2, 0.25) is 5.91 Å². The van der Waals surface area contributed by atoms with Crippen molar-refractivity contribution in [3.8, 4) is 0 Å². The molecule has 3 heterocycles. The Labute approximate surface area is 144 Å². The van der Waals surface area contributed by atoms with Gasteiger partial charge in [0.1, 0.15) is 0 Å². The van der Waals surface area contributed by atoms with Crippen molar-refractivity contribution in [2.45, 2.75) is 19.9 Å². The third-order valence-electron chi connectivity index (χ3n) is 4.35. The minimum Gasteiger partial charge on any atom is -0.339 e. The van der Waals surface area contributed by atoms with Crippen LogP contribution in [0.1, 0.15) is 17.5 Å². The second-order valence-electron chi connectivity index (χ2n) is 6.13. The Kier molecular flexibility index (Phi) is 4.81. The van der Waals surface area contributed by atoms with Crippen LogP contribution in [-0.4, -0.2) is 77.2 Å². The number of fused-ring (bicyclic) bond motifs is 1. The minimum absolute atomic E-state index is 0.00937. The van der Waals surface area contributed by atoms with Crippen LogP contribution in [0.15, 0.2) is 0 Å². The number of nitrogens with one attached hydrogen (secondary N) is 1. The van der Waals surface area contributed by atoms with E-state index in [2.05, 4.69) is 15.2 Å². The van der Waals surface area contributed by atoms with Gasteiger partial charge >= 0.3 is 11.8 Å². The number of hydrogen-bond acceptors (Lipinski definition) is 6. The van der Waals surface area contributed by atoms with E-state index < -0.39 is 11.8 Å². The van der Waals surface area contributed by atoms with Gasteiger partial charge in [0, 0.05) is 57.5 Å². The zero-order chi connectivity index (χ0) is 17.3. The van der Waals surface area contributed by atoms with Gasteiger partial charge in [-0.1, -0.05) is 0 Å². The highest BCUT2D eigenvalue weighted by Crippen LogP contribution is 2.27. The first-order valence-electron chi connectivity index (χ1n) is 7.97. The molecule has 0 bridgehead atoms. The average molecular weight is 351 g/mol. The Balaban J connectivity index is 1.57. The number of aromatic nitrogens is 1. The van der Waals surface area contributed by atoms with Gasteiger partial charge in [-0.25, -0.2) is 4.98 Å². The molecule has 2 aliphatic rings. The van der Waals surface area contributed by atoms with Crippen LogP contribution < -0.4 is 5.32 Å². The van der Waals surface area contributed by atoms with Gasteiger partial charge in [-0.15, -0.1) is 11.3 Å². The van der Waals surface area contributed by atoms with Crippen LogP contribution in [0.25, 0.3) is 0 Å². The standard InChI is InChI=1S/C15H21N5O3S/c1-10(21)19-5-7-20(8-6-19)14(23)13(22)17-15-16-11-3-4-18(2)9-12(11)24-15/h3-9H2,1-2H3,(H,16,17,22). The number of amides is 3. The molecular formula is C15H21N5O3S. The number of anilines is 1. The summed E-state index contributed by atoms with van der Waals surface area (Å²) in [4.78, 5) is 46.7. The predicted octanol–water partition coefficient (Wildman–Crippen LogP) is -0.240. The molecule has 0 atom stereocenters. The van der Waals surface area contributed by atoms with E-state index in [4.69, 9.17) is 0 Å². The van der Waals surface area contributed by atoms with Gasteiger partial charge in [0.05, 0.1) is 5.69 Å². The molecule has 3 amide bonds. The summed E-state index contributed by atoms with van der Waals surface area (Å²) in [5.41, 5.74) is 1.01. The summed E-state index contributed by atoms with van der Waals surface area (Å²) in [6.45, 7) is 4.97. The molecule has 0 radical (unpaired) electrons. The van der Waals surface area contributed by atoms with Crippen molar-refractivity contribution in [1.82, 2.24) is 19.7 Å². The van der Waals surface area contributed by atoms with Crippen molar-refractivity contribution in [1.29, 1.82) is 0 Å². The highest BCUT2D eigenvalue weighted by Gasteiger charge is 2.28. The fourth-order valence-electron chi connectivity index (χ4n) is 2.90. The smallest absolute Gasteiger partial charge is 0.315 e. The van der Waals surface area contributed by atoms with E-state index in [1.54, 1.807) is 4.90 Å². The molecule has 9 heteroatoms. The summed E-state index contributed by atoms with van der Waals surface area (Å²) in [6.07, 6.45) is 0.860. The molecule has 1 N–H and O–H groups in total. The molecule has 1 aromatic heterocycles. The highest BCUT2D eigenvalue weighted by atomic mass is 32.1. The Morgan fingerprint density at radius 2 is 1.75 bits per heavy atom. The van der Waals surface area contributed by atoms with E-state index in [-0.39, 0.29) is 5.91 Å². The van der Waals surface area contributed by atoms with E-state index in [1.807, 2.05) is 7.05 Å². The summed E-state index contributed by atoms with van der Waals surface area (Å²) in [5, 5.41) is 3.11. The van der Waals surface area contributed by atoms with Crippen LogP contribution in [0.3, 0.4) is 0 Å². The van der Waals surface area contributed by atoms with E-state index >= 15 is 0 Å². The molecular weight excluding hydrogens is 330 g/mol. The lowest BCUT2D eigenvalue weighted by molar-refractivity contribution is -0.145. The van der Waals surface area contributed by atoms with Gasteiger partial charge in [0.25, 0.3) is 0 Å². The Hall–Kier alpha value is -2.00. The van der Waals surface area contributed by atoms with Crippen LogP contribution in [0.4, 0.5) is 5.13 Å². The van der Waals surface area contributed by atoms with Crippen molar-refractivity contribution < 1.29 is 14.4 Å². The maximum Gasteiger partial charge on any atom is 0.315 e. The van der Waals surface area contributed by atoms with Gasteiger partial charge in [-0.05, 0) is 7.05 Å². The number of piperazine rings is 1. The first-order valence-corrected chi connectivity index (χ1v) is 8.78. The monoisotopic (exact) mass is 351 g/mol. The summed E-state index contributed by atoms with van der Waals surface area (Å²) in [7, 11) is 2.05. The number of likely N-dealkylation sites (N-methyl/N-ethyl adjacent to an activating group) is 1. The molecule has 2 aliphatic heterocycles. The highest BCUT2D eigenvalue weighted by molar-refractivity contribution is 7.16. The van der Waals surface area contributed by atoms with Crippen molar-refractivity contribution in [2.75, 3.05) is 45.1 Å². The molecule has 8 nitrogen and oxygen atoms in total. The lowest BCUT2D eigenvalue weighted by atomic mass is 10.2. The molecule has 0 aromatic carbocycles. The fourth-order valence-corrected chi connectivity index (χ4v) is 3.98. The summed E-state index contributed by atoms with van der Waals surface area (Å²) in [6, 6.07) is 0. The third kappa shape index (κ3) is 3.57. The van der Waals surface area contributed by atoms with Crippen molar-refractivity contribution in [3.05, 3.63) is 10.6 Å². The maximum absolute atomic E-state index is 12.3. The Bertz CT molecular complexity index is 666. The summed E-state index contributed by atoms with van der Waals surface area (Å²) >= 11 is 1.43. The Morgan fingerprint density at radius 1 is 1.08 bits per heavy atom. The molecule has 24 heavy (non-hydrogen) atoms. The molecule has 1 aromatic rings. The fraction of sp³-hybridized carbons (Fsp3) is 0.600. The van der Waals surface area contributed by atoms with E-state index in [1.165, 1.54) is 23.2 Å². The average Bonchev–Trinajstić information content (AvgIpc) is 2.95. The number of carbonyl (C=O) groups is 3.